The number of nitrogens with zero attached hydrogens (tertiary/aromatic N) is 1. The molecule has 0 spiro atoms. The lowest BCUT2D eigenvalue weighted by atomic mass is 10.1. The van der Waals surface area contributed by atoms with Crippen LogP contribution in [0.5, 0.6) is 5.95 Å². The molecular formula is C13H14FNO2. The molecule has 90 valence electrons. The Labute approximate surface area is 99.2 Å². The lowest BCUT2D eigenvalue weighted by Crippen LogP contribution is -1.91. The Morgan fingerprint density at radius 1 is 1.24 bits per heavy atom. The van der Waals surface area contributed by atoms with Gasteiger partial charge in [0, 0.05) is 6.42 Å². The van der Waals surface area contributed by atoms with Gasteiger partial charge in [0.15, 0.2) is 5.89 Å². The Hall–Kier alpha value is -1.84. The van der Waals surface area contributed by atoms with Crippen molar-refractivity contribution >= 4 is 0 Å². The molecule has 0 fully saturated rings. The highest BCUT2D eigenvalue weighted by Crippen LogP contribution is 2.14. The molecule has 1 aromatic carbocycles. The Kier molecular flexibility index (Phi) is 3.75. The predicted molar refractivity (Wildman–Crippen MR) is 61.5 cm³/mol. The van der Waals surface area contributed by atoms with Gasteiger partial charge in [-0.05, 0) is 31.0 Å². The second kappa shape index (κ2) is 5.48. The SMILES string of the molecule is CCOc1cnc(CCc2ccc(F)cc2)o1. The van der Waals surface area contributed by atoms with E-state index in [1.165, 1.54) is 12.1 Å². The zero-order valence-corrected chi connectivity index (χ0v) is 9.65. The van der Waals surface area contributed by atoms with Gasteiger partial charge in [-0.25, -0.2) is 9.37 Å². The molecule has 17 heavy (non-hydrogen) atoms. The summed E-state index contributed by atoms with van der Waals surface area (Å²) in [6, 6.07) is 6.44. The van der Waals surface area contributed by atoms with Gasteiger partial charge in [0.1, 0.15) is 12.0 Å². The molecule has 0 aliphatic heterocycles. The van der Waals surface area contributed by atoms with Crippen LogP contribution in [0.1, 0.15) is 18.4 Å². The van der Waals surface area contributed by atoms with Crippen LogP contribution in [0.15, 0.2) is 34.9 Å². The van der Waals surface area contributed by atoms with Gasteiger partial charge < -0.3 is 9.15 Å². The molecule has 3 nitrogen and oxygen atoms in total. The van der Waals surface area contributed by atoms with Crippen LogP contribution in [-0.2, 0) is 12.8 Å². The van der Waals surface area contributed by atoms with Crippen LogP contribution in [-0.4, -0.2) is 11.6 Å². The maximum absolute atomic E-state index is 12.7. The first kappa shape index (κ1) is 11.6. The second-order valence-corrected chi connectivity index (χ2v) is 3.63. The van der Waals surface area contributed by atoms with Gasteiger partial charge in [0.05, 0.1) is 6.61 Å². The number of aromatic nitrogens is 1. The van der Waals surface area contributed by atoms with Crippen molar-refractivity contribution in [1.82, 2.24) is 4.98 Å². The number of aryl methyl sites for hydroxylation is 2. The lowest BCUT2D eigenvalue weighted by Gasteiger charge is -1.98. The standard InChI is InChI=1S/C13H14FNO2/c1-2-16-13-9-15-12(17-13)8-5-10-3-6-11(14)7-4-10/h3-4,6-7,9H,2,5,8H2,1H3. The summed E-state index contributed by atoms with van der Waals surface area (Å²) in [7, 11) is 0. The first-order chi connectivity index (χ1) is 8.28. The summed E-state index contributed by atoms with van der Waals surface area (Å²) in [5.41, 5.74) is 1.06. The molecule has 0 atom stereocenters. The summed E-state index contributed by atoms with van der Waals surface area (Å²) in [6.45, 7) is 2.45. The molecule has 0 aliphatic rings. The van der Waals surface area contributed by atoms with E-state index in [1.54, 1.807) is 18.3 Å². The maximum atomic E-state index is 12.7. The fourth-order valence-corrected chi connectivity index (χ4v) is 1.52. The largest absolute Gasteiger partial charge is 0.464 e. The normalized spacial score (nSPS) is 10.5. The van der Waals surface area contributed by atoms with Gasteiger partial charge in [-0.3, -0.25) is 0 Å². The van der Waals surface area contributed by atoms with Crippen LogP contribution in [0.2, 0.25) is 0 Å². The van der Waals surface area contributed by atoms with E-state index in [0.29, 0.717) is 24.9 Å². The average molecular weight is 235 g/mol. The van der Waals surface area contributed by atoms with Gasteiger partial charge >= 0.3 is 5.95 Å². The van der Waals surface area contributed by atoms with Crippen molar-refractivity contribution in [3.8, 4) is 5.95 Å². The first-order valence-electron chi connectivity index (χ1n) is 5.60. The Bertz CT molecular complexity index is 465. The smallest absolute Gasteiger partial charge is 0.305 e. The van der Waals surface area contributed by atoms with Crippen LogP contribution in [0.4, 0.5) is 4.39 Å². The molecule has 4 heteroatoms. The third kappa shape index (κ3) is 3.31. The molecule has 0 bridgehead atoms. The number of benzene rings is 1. The molecular weight excluding hydrogens is 221 g/mol. The molecule has 1 heterocycles. The Morgan fingerprint density at radius 3 is 2.71 bits per heavy atom. The van der Waals surface area contributed by atoms with E-state index in [1.807, 2.05) is 6.92 Å². The second-order valence-electron chi connectivity index (χ2n) is 3.63. The number of halogens is 1. The van der Waals surface area contributed by atoms with Gasteiger partial charge in [0.2, 0.25) is 0 Å². The van der Waals surface area contributed by atoms with E-state index in [0.717, 1.165) is 12.0 Å². The van der Waals surface area contributed by atoms with Crippen molar-refractivity contribution in [3.63, 3.8) is 0 Å². The van der Waals surface area contributed by atoms with E-state index in [-0.39, 0.29) is 5.82 Å². The van der Waals surface area contributed by atoms with Gasteiger partial charge in [-0.2, -0.15) is 0 Å². The zero-order chi connectivity index (χ0) is 12.1. The minimum atomic E-state index is -0.219. The van der Waals surface area contributed by atoms with E-state index in [2.05, 4.69) is 4.98 Å². The number of rotatable bonds is 5. The third-order valence-electron chi connectivity index (χ3n) is 2.36. The summed E-state index contributed by atoms with van der Waals surface area (Å²) in [4.78, 5) is 4.10. The fraction of sp³-hybridized carbons (Fsp3) is 0.308. The molecule has 0 aliphatic carbocycles. The van der Waals surface area contributed by atoms with E-state index in [4.69, 9.17) is 9.15 Å². The molecule has 0 amide bonds. The quantitative estimate of drug-likeness (QED) is 0.799. The monoisotopic (exact) mass is 235 g/mol. The molecule has 0 saturated heterocycles. The van der Waals surface area contributed by atoms with Crippen LogP contribution < -0.4 is 4.74 Å². The van der Waals surface area contributed by atoms with Crippen molar-refractivity contribution < 1.29 is 13.5 Å². The molecule has 0 radical (unpaired) electrons. The molecule has 0 saturated carbocycles. The van der Waals surface area contributed by atoms with Crippen molar-refractivity contribution in [3.05, 3.63) is 47.7 Å². The number of hydrogen-bond donors (Lipinski definition) is 0. The minimum Gasteiger partial charge on any atom is -0.464 e. The molecule has 0 unspecified atom stereocenters. The Balaban J connectivity index is 1.90. The number of ether oxygens (including phenoxy) is 1. The summed E-state index contributed by atoms with van der Waals surface area (Å²) in [5.74, 6) is 0.864. The Morgan fingerprint density at radius 2 is 2.00 bits per heavy atom. The number of oxazole rings is 1. The van der Waals surface area contributed by atoms with Crippen molar-refractivity contribution in [2.24, 2.45) is 0 Å². The molecule has 2 rings (SSSR count). The van der Waals surface area contributed by atoms with Gasteiger partial charge in [-0.1, -0.05) is 12.1 Å². The number of hydrogen-bond acceptors (Lipinski definition) is 3. The van der Waals surface area contributed by atoms with Gasteiger partial charge in [-0.15, -0.1) is 0 Å². The third-order valence-corrected chi connectivity index (χ3v) is 2.36. The van der Waals surface area contributed by atoms with E-state index >= 15 is 0 Å². The first-order valence-corrected chi connectivity index (χ1v) is 5.60. The molecule has 2 aromatic rings. The predicted octanol–water partition coefficient (Wildman–Crippen LogP) is 3.00. The molecule has 1 aromatic heterocycles. The highest BCUT2D eigenvalue weighted by molar-refractivity contribution is 5.16. The minimum absolute atomic E-state index is 0.219. The summed E-state index contributed by atoms with van der Waals surface area (Å²) in [5, 5.41) is 0. The zero-order valence-electron chi connectivity index (χ0n) is 9.65. The van der Waals surface area contributed by atoms with Crippen LogP contribution in [0.3, 0.4) is 0 Å². The lowest BCUT2D eigenvalue weighted by molar-refractivity contribution is 0.250. The summed E-state index contributed by atoms with van der Waals surface area (Å²) >= 11 is 0. The van der Waals surface area contributed by atoms with E-state index < -0.39 is 0 Å². The van der Waals surface area contributed by atoms with Crippen molar-refractivity contribution in [1.29, 1.82) is 0 Å². The van der Waals surface area contributed by atoms with Crippen LogP contribution in [0, 0.1) is 5.82 Å². The van der Waals surface area contributed by atoms with Crippen molar-refractivity contribution in [2.75, 3.05) is 6.61 Å². The van der Waals surface area contributed by atoms with Crippen molar-refractivity contribution in [2.45, 2.75) is 19.8 Å². The maximum Gasteiger partial charge on any atom is 0.305 e. The fourth-order valence-electron chi connectivity index (χ4n) is 1.52. The average Bonchev–Trinajstić information content (AvgIpc) is 2.77. The molecule has 0 N–H and O–H groups in total. The van der Waals surface area contributed by atoms with Crippen LogP contribution in [0.25, 0.3) is 0 Å². The topological polar surface area (TPSA) is 35.3 Å². The van der Waals surface area contributed by atoms with E-state index in [9.17, 15) is 4.39 Å². The van der Waals surface area contributed by atoms with Gasteiger partial charge in [0.25, 0.3) is 0 Å². The highest BCUT2D eigenvalue weighted by atomic mass is 19.1. The van der Waals surface area contributed by atoms with Crippen LogP contribution >= 0.6 is 0 Å². The highest BCUT2D eigenvalue weighted by Gasteiger charge is 2.04. The summed E-state index contributed by atoms with van der Waals surface area (Å²) in [6.07, 6.45) is 3.02. The summed E-state index contributed by atoms with van der Waals surface area (Å²) < 4.78 is 23.2.